The zero-order valence-corrected chi connectivity index (χ0v) is 13.4. The Morgan fingerprint density at radius 3 is 2.12 bits per heavy atom. The smallest absolute Gasteiger partial charge is 0.346 e. The normalized spacial score (nSPS) is 10.4. The van der Waals surface area contributed by atoms with Crippen LogP contribution in [0.1, 0.15) is 15.9 Å². The molecule has 26 heavy (non-hydrogen) atoms. The monoisotopic (exact) mass is 358 g/mol. The number of halogens is 3. The molecule has 6 heteroatoms. The third-order valence-electron chi connectivity index (χ3n) is 3.54. The fourth-order valence-corrected chi connectivity index (χ4v) is 2.19. The maximum absolute atomic E-state index is 13.6. The lowest BCUT2D eigenvalue weighted by molar-refractivity contribution is 0.0728. The molecule has 3 rings (SSSR count). The Kier molecular flexibility index (Phi) is 5.22. The lowest BCUT2D eigenvalue weighted by atomic mass is 10.2. The third kappa shape index (κ3) is 4.03. The van der Waals surface area contributed by atoms with Crippen molar-refractivity contribution in [2.45, 2.75) is 6.61 Å². The van der Waals surface area contributed by atoms with Gasteiger partial charge in [-0.15, -0.1) is 0 Å². The molecule has 0 amide bonds. The molecule has 0 saturated heterocycles. The molecule has 0 unspecified atom stereocenters. The molecule has 0 N–H and O–H groups in total. The van der Waals surface area contributed by atoms with Crippen LogP contribution in [0.5, 0.6) is 11.5 Å². The third-order valence-corrected chi connectivity index (χ3v) is 3.54. The van der Waals surface area contributed by atoms with Gasteiger partial charge in [0.25, 0.3) is 0 Å². The fourth-order valence-electron chi connectivity index (χ4n) is 2.19. The summed E-state index contributed by atoms with van der Waals surface area (Å²) in [5.74, 6) is -5.14. The highest BCUT2D eigenvalue weighted by atomic mass is 19.2. The predicted molar refractivity (Wildman–Crippen MR) is 88.5 cm³/mol. The van der Waals surface area contributed by atoms with Crippen molar-refractivity contribution in [2.24, 2.45) is 0 Å². The van der Waals surface area contributed by atoms with Gasteiger partial charge >= 0.3 is 5.97 Å². The van der Waals surface area contributed by atoms with Crippen LogP contribution in [-0.4, -0.2) is 5.97 Å². The molecule has 0 aliphatic rings. The van der Waals surface area contributed by atoms with Gasteiger partial charge in [-0.1, -0.05) is 30.3 Å². The molecule has 0 fully saturated rings. The molecule has 0 radical (unpaired) electrons. The number of hydrogen-bond donors (Lipinski definition) is 0. The summed E-state index contributed by atoms with van der Waals surface area (Å²) in [5.41, 5.74) is 0.310. The van der Waals surface area contributed by atoms with Crippen LogP contribution >= 0.6 is 0 Å². The minimum absolute atomic E-state index is 0.117. The van der Waals surface area contributed by atoms with Crippen molar-refractivity contribution in [3.63, 3.8) is 0 Å². The summed E-state index contributed by atoms with van der Waals surface area (Å²) in [4.78, 5) is 11.9. The second kappa shape index (κ2) is 7.74. The van der Waals surface area contributed by atoms with E-state index in [4.69, 9.17) is 9.47 Å². The summed E-state index contributed by atoms with van der Waals surface area (Å²) in [5, 5.41) is 0. The lowest BCUT2D eigenvalue weighted by Crippen LogP contribution is -2.12. The molecule has 0 aliphatic carbocycles. The van der Waals surface area contributed by atoms with E-state index in [1.807, 2.05) is 30.3 Å². The first-order valence-electron chi connectivity index (χ1n) is 7.67. The topological polar surface area (TPSA) is 35.5 Å². The van der Waals surface area contributed by atoms with Gasteiger partial charge < -0.3 is 9.47 Å². The van der Waals surface area contributed by atoms with Crippen LogP contribution in [0, 0.1) is 17.5 Å². The average molecular weight is 358 g/mol. The molecule has 0 spiro atoms. The SMILES string of the molecule is O=C(Oc1ccc(OCc2ccccc2)cc1)c1ccc(F)c(F)c1F. The zero-order valence-electron chi connectivity index (χ0n) is 13.4. The molecule has 0 aliphatic heterocycles. The van der Waals surface area contributed by atoms with Crippen molar-refractivity contribution in [1.29, 1.82) is 0 Å². The first kappa shape index (κ1) is 17.5. The summed E-state index contributed by atoms with van der Waals surface area (Å²) in [7, 11) is 0. The number of carbonyl (C=O) groups excluding carboxylic acids is 1. The number of hydrogen-bond acceptors (Lipinski definition) is 3. The van der Waals surface area contributed by atoms with E-state index >= 15 is 0 Å². The van der Waals surface area contributed by atoms with Gasteiger partial charge in [-0.05, 0) is 42.0 Å². The summed E-state index contributed by atoms with van der Waals surface area (Å²) >= 11 is 0. The van der Waals surface area contributed by atoms with Gasteiger partial charge in [0.15, 0.2) is 17.5 Å². The van der Waals surface area contributed by atoms with Crippen molar-refractivity contribution >= 4 is 5.97 Å². The van der Waals surface area contributed by atoms with E-state index in [1.54, 1.807) is 12.1 Å². The first-order valence-corrected chi connectivity index (χ1v) is 7.67. The standard InChI is InChI=1S/C20H13F3O3/c21-17-11-10-16(18(22)19(17)23)20(24)26-15-8-6-14(7-9-15)25-12-13-4-2-1-3-5-13/h1-11H,12H2. The Balaban J connectivity index is 1.64. The number of benzene rings is 3. The Labute approximate surface area is 147 Å². The van der Waals surface area contributed by atoms with Gasteiger partial charge in [-0.25, -0.2) is 18.0 Å². The van der Waals surface area contributed by atoms with Crippen molar-refractivity contribution in [3.8, 4) is 11.5 Å². The van der Waals surface area contributed by atoms with Crippen LogP contribution in [0.25, 0.3) is 0 Å². The van der Waals surface area contributed by atoms with Crippen molar-refractivity contribution in [1.82, 2.24) is 0 Å². The van der Waals surface area contributed by atoms with Gasteiger partial charge in [0.05, 0.1) is 5.56 Å². The van der Waals surface area contributed by atoms with E-state index in [0.29, 0.717) is 18.4 Å². The van der Waals surface area contributed by atoms with Gasteiger partial charge in [0.2, 0.25) is 0 Å². The minimum Gasteiger partial charge on any atom is -0.489 e. The largest absolute Gasteiger partial charge is 0.489 e. The molecule has 3 nitrogen and oxygen atoms in total. The van der Waals surface area contributed by atoms with E-state index in [9.17, 15) is 18.0 Å². The molecule has 132 valence electrons. The molecule has 0 aromatic heterocycles. The Morgan fingerprint density at radius 2 is 1.42 bits per heavy atom. The quantitative estimate of drug-likeness (QED) is 0.370. The highest BCUT2D eigenvalue weighted by Gasteiger charge is 2.20. The highest BCUT2D eigenvalue weighted by molar-refractivity contribution is 5.91. The number of carbonyl (C=O) groups is 1. The van der Waals surface area contributed by atoms with Crippen LogP contribution in [0.15, 0.2) is 66.7 Å². The Bertz CT molecular complexity index is 910. The molecule has 0 atom stereocenters. The van der Waals surface area contributed by atoms with Crippen LogP contribution in [0.3, 0.4) is 0 Å². The maximum Gasteiger partial charge on any atom is 0.346 e. The molecule has 3 aromatic carbocycles. The minimum atomic E-state index is -1.72. The lowest BCUT2D eigenvalue weighted by Gasteiger charge is -2.08. The molecular formula is C20H13F3O3. The van der Waals surface area contributed by atoms with Gasteiger partial charge in [0.1, 0.15) is 18.1 Å². The molecule has 0 bridgehead atoms. The predicted octanol–water partition coefficient (Wildman–Crippen LogP) is 4.90. The van der Waals surface area contributed by atoms with E-state index in [-0.39, 0.29) is 5.75 Å². The van der Waals surface area contributed by atoms with Crippen molar-refractivity contribution in [3.05, 3.63) is 95.3 Å². The second-order valence-electron chi connectivity index (χ2n) is 5.36. The number of esters is 1. The second-order valence-corrected chi connectivity index (χ2v) is 5.36. The zero-order chi connectivity index (χ0) is 18.5. The summed E-state index contributed by atoms with van der Waals surface area (Å²) in [6.45, 7) is 0.375. The number of ether oxygens (including phenoxy) is 2. The average Bonchev–Trinajstić information content (AvgIpc) is 2.66. The summed E-state index contributed by atoms with van der Waals surface area (Å²) in [6, 6.07) is 17.1. The molecule has 3 aromatic rings. The fraction of sp³-hybridized carbons (Fsp3) is 0.0500. The summed E-state index contributed by atoms with van der Waals surface area (Å²) < 4.78 is 50.3. The first-order chi connectivity index (χ1) is 12.5. The van der Waals surface area contributed by atoms with Gasteiger partial charge in [-0.2, -0.15) is 0 Å². The van der Waals surface area contributed by atoms with Crippen molar-refractivity contribution in [2.75, 3.05) is 0 Å². The summed E-state index contributed by atoms with van der Waals surface area (Å²) in [6.07, 6.45) is 0. The molecule has 0 saturated carbocycles. The maximum atomic E-state index is 13.6. The van der Waals surface area contributed by atoms with Gasteiger partial charge in [-0.3, -0.25) is 0 Å². The Hall–Kier alpha value is -3.28. The van der Waals surface area contributed by atoms with Crippen LogP contribution in [-0.2, 0) is 6.61 Å². The Morgan fingerprint density at radius 1 is 0.769 bits per heavy atom. The van der Waals surface area contributed by atoms with Crippen LogP contribution in [0.4, 0.5) is 13.2 Å². The van der Waals surface area contributed by atoms with Gasteiger partial charge in [0, 0.05) is 0 Å². The van der Waals surface area contributed by atoms with E-state index < -0.39 is 29.0 Å². The van der Waals surface area contributed by atoms with Crippen LogP contribution < -0.4 is 9.47 Å². The van der Waals surface area contributed by atoms with Crippen molar-refractivity contribution < 1.29 is 27.4 Å². The van der Waals surface area contributed by atoms with E-state index in [2.05, 4.69) is 0 Å². The number of rotatable bonds is 5. The highest BCUT2D eigenvalue weighted by Crippen LogP contribution is 2.21. The van der Waals surface area contributed by atoms with E-state index in [1.165, 1.54) is 12.1 Å². The van der Waals surface area contributed by atoms with E-state index in [0.717, 1.165) is 11.6 Å². The molecular weight excluding hydrogens is 345 g/mol. The van der Waals surface area contributed by atoms with Crippen LogP contribution in [0.2, 0.25) is 0 Å². The molecule has 0 heterocycles.